The zero-order valence-corrected chi connectivity index (χ0v) is 29.7. The summed E-state index contributed by atoms with van der Waals surface area (Å²) in [5.41, 5.74) is 6.10. The van der Waals surface area contributed by atoms with Crippen molar-refractivity contribution in [1.82, 2.24) is 19.6 Å². The third-order valence-electron chi connectivity index (χ3n) is 8.45. The fourth-order valence-electron chi connectivity index (χ4n) is 5.61. The summed E-state index contributed by atoms with van der Waals surface area (Å²) in [7, 11) is -2.40. The smallest absolute Gasteiger partial charge is 0.165 e. The number of rotatable bonds is 14. The number of aromatic nitrogens is 4. The number of hydrogen-bond donors (Lipinski definition) is 0. The molecule has 1 saturated carbocycles. The number of anilines is 1. The summed E-state index contributed by atoms with van der Waals surface area (Å²) in [4.78, 5) is 12.3. The highest BCUT2D eigenvalue weighted by Gasteiger charge is 2.24. The minimum absolute atomic E-state index is 0.455. The average Bonchev–Trinajstić information content (AvgIpc) is 3.44. The SMILES string of the molecule is C[Si](C)(C)CCOCN(COCC[Si](C)(C)C)c1cc(C2CCCCC2)nc2c(-c3ccc(-c4ccccc4)nc3)cnn12. The molecule has 1 aromatic carbocycles. The Bertz CT molecular complexity index is 1450. The first-order valence-electron chi connectivity index (χ1n) is 16.4. The quantitative estimate of drug-likeness (QED) is 0.0788. The summed E-state index contributed by atoms with van der Waals surface area (Å²) in [6.07, 6.45) is 10.1. The molecule has 5 rings (SSSR count). The Kier molecular flexibility index (Phi) is 10.7. The van der Waals surface area contributed by atoms with Gasteiger partial charge in [-0.15, -0.1) is 0 Å². The molecule has 0 saturated heterocycles. The molecule has 3 heterocycles. The minimum Gasteiger partial charge on any atom is -0.361 e. The van der Waals surface area contributed by atoms with Gasteiger partial charge in [-0.3, -0.25) is 4.98 Å². The van der Waals surface area contributed by atoms with E-state index < -0.39 is 16.1 Å². The van der Waals surface area contributed by atoms with Crippen molar-refractivity contribution in [2.45, 2.75) is 89.4 Å². The topological polar surface area (TPSA) is 64.8 Å². The molecule has 0 N–H and O–H groups in total. The van der Waals surface area contributed by atoms with Crippen LogP contribution >= 0.6 is 0 Å². The van der Waals surface area contributed by atoms with Crippen molar-refractivity contribution in [3.05, 3.63) is 66.6 Å². The summed E-state index contributed by atoms with van der Waals surface area (Å²) >= 11 is 0. The van der Waals surface area contributed by atoms with Gasteiger partial charge in [-0.1, -0.05) is 94.9 Å². The van der Waals surface area contributed by atoms with Crippen LogP contribution in [0.15, 0.2) is 60.9 Å². The van der Waals surface area contributed by atoms with Gasteiger partial charge in [0.2, 0.25) is 0 Å². The van der Waals surface area contributed by atoms with Crippen molar-refractivity contribution in [3.8, 4) is 22.4 Å². The number of benzene rings is 1. The summed E-state index contributed by atoms with van der Waals surface area (Å²) in [5.74, 6) is 1.44. The van der Waals surface area contributed by atoms with Gasteiger partial charge in [0.15, 0.2) is 5.65 Å². The van der Waals surface area contributed by atoms with E-state index in [-0.39, 0.29) is 0 Å². The lowest BCUT2D eigenvalue weighted by Gasteiger charge is -2.28. The molecule has 4 aromatic rings. The molecule has 0 atom stereocenters. The second-order valence-electron chi connectivity index (χ2n) is 14.7. The van der Waals surface area contributed by atoms with Gasteiger partial charge in [0.25, 0.3) is 0 Å². The molecule has 7 nitrogen and oxygen atoms in total. The lowest BCUT2D eigenvalue weighted by molar-refractivity contribution is 0.0942. The number of ether oxygens (including phenoxy) is 2. The lowest BCUT2D eigenvalue weighted by atomic mass is 9.87. The maximum Gasteiger partial charge on any atom is 0.165 e. The van der Waals surface area contributed by atoms with Gasteiger partial charge < -0.3 is 14.4 Å². The number of pyridine rings is 1. The van der Waals surface area contributed by atoms with Crippen LogP contribution in [-0.4, -0.2) is 62.4 Å². The minimum atomic E-state index is -1.20. The van der Waals surface area contributed by atoms with E-state index >= 15 is 0 Å². The molecule has 1 aliphatic carbocycles. The molecule has 236 valence electrons. The van der Waals surface area contributed by atoms with E-state index in [0.717, 1.165) is 64.8 Å². The first kappa shape index (κ1) is 32.5. The summed E-state index contributed by atoms with van der Waals surface area (Å²) in [6.45, 7) is 16.8. The lowest BCUT2D eigenvalue weighted by Crippen LogP contribution is -2.33. The molecule has 9 heteroatoms. The van der Waals surface area contributed by atoms with E-state index in [1.54, 1.807) is 0 Å². The first-order valence-corrected chi connectivity index (χ1v) is 23.8. The van der Waals surface area contributed by atoms with E-state index in [4.69, 9.17) is 24.5 Å². The van der Waals surface area contributed by atoms with Crippen LogP contribution < -0.4 is 4.90 Å². The van der Waals surface area contributed by atoms with E-state index in [1.807, 2.05) is 35.1 Å². The van der Waals surface area contributed by atoms with Crippen LogP contribution in [0.25, 0.3) is 28.0 Å². The van der Waals surface area contributed by atoms with Crippen molar-refractivity contribution in [2.75, 3.05) is 31.6 Å². The molecule has 1 fully saturated rings. The molecule has 0 amide bonds. The fourth-order valence-corrected chi connectivity index (χ4v) is 7.12. The number of fused-ring (bicyclic) bond motifs is 1. The monoisotopic (exact) mass is 629 g/mol. The Morgan fingerprint density at radius 1 is 0.795 bits per heavy atom. The van der Waals surface area contributed by atoms with Crippen LogP contribution in [0.5, 0.6) is 0 Å². The Hall–Kier alpha value is -2.86. The van der Waals surface area contributed by atoms with Crippen molar-refractivity contribution >= 4 is 27.6 Å². The van der Waals surface area contributed by atoms with Crippen LogP contribution in [-0.2, 0) is 9.47 Å². The van der Waals surface area contributed by atoms with Crippen LogP contribution in [0.1, 0.15) is 43.7 Å². The second-order valence-corrected chi connectivity index (χ2v) is 25.9. The number of hydrogen-bond acceptors (Lipinski definition) is 6. The van der Waals surface area contributed by atoms with Gasteiger partial charge in [-0.2, -0.15) is 9.61 Å². The molecule has 0 aliphatic heterocycles. The normalized spacial score (nSPS) is 14.8. The zero-order valence-electron chi connectivity index (χ0n) is 27.7. The predicted molar refractivity (Wildman–Crippen MR) is 188 cm³/mol. The third-order valence-corrected chi connectivity index (χ3v) is 11.9. The molecule has 0 spiro atoms. The second kappa shape index (κ2) is 14.5. The van der Waals surface area contributed by atoms with E-state index in [9.17, 15) is 0 Å². The van der Waals surface area contributed by atoms with E-state index in [1.165, 1.54) is 32.1 Å². The maximum absolute atomic E-state index is 6.32. The molecule has 0 unspecified atom stereocenters. The Morgan fingerprint density at radius 3 is 2.05 bits per heavy atom. The maximum atomic E-state index is 6.32. The Labute approximate surface area is 266 Å². The summed E-state index contributed by atoms with van der Waals surface area (Å²) in [6, 6.07) is 19.0. The molecular weight excluding hydrogens is 579 g/mol. The highest BCUT2D eigenvalue weighted by Crippen LogP contribution is 2.35. The van der Waals surface area contributed by atoms with Gasteiger partial charge in [-0.25, -0.2) is 4.98 Å². The van der Waals surface area contributed by atoms with Crippen molar-refractivity contribution in [1.29, 1.82) is 0 Å². The van der Waals surface area contributed by atoms with Crippen LogP contribution in [0, 0.1) is 0 Å². The van der Waals surface area contributed by atoms with Crippen molar-refractivity contribution in [3.63, 3.8) is 0 Å². The largest absolute Gasteiger partial charge is 0.361 e. The number of nitrogens with zero attached hydrogens (tertiary/aromatic N) is 5. The van der Waals surface area contributed by atoms with Gasteiger partial charge in [0, 0.05) is 69.9 Å². The fraction of sp³-hybridized carbons (Fsp3) is 0.514. The molecular formula is C35H51N5O2Si2. The van der Waals surface area contributed by atoms with Crippen molar-refractivity contribution < 1.29 is 9.47 Å². The first-order chi connectivity index (χ1) is 21.1. The van der Waals surface area contributed by atoms with Crippen LogP contribution in [0.4, 0.5) is 5.82 Å². The Balaban J connectivity index is 1.50. The molecule has 3 aromatic heterocycles. The van der Waals surface area contributed by atoms with Crippen molar-refractivity contribution in [2.24, 2.45) is 0 Å². The summed E-state index contributed by atoms with van der Waals surface area (Å²) in [5, 5.41) is 4.91. The highest BCUT2D eigenvalue weighted by molar-refractivity contribution is 6.76. The molecule has 44 heavy (non-hydrogen) atoms. The molecule has 0 radical (unpaired) electrons. The predicted octanol–water partition coefficient (Wildman–Crippen LogP) is 8.94. The van der Waals surface area contributed by atoms with Crippen LogP contribution in [0.3, 0.4) is 0 Å². The molecule has 0 bridgehead atoms. The van der Waals surface area contributed by atoms with E-state index in [0.29, 0.717) is 19.4 Å². The molecule has 1 aliphatic rings. The van der Waals surface area contributed by atoms with Gasteiger partial charge in [0.1, 0.15) is 19.3 Å². The van der Waals surface area contributed by atoms with Gasteiger partial charge in [0.05, 0.1) is 11.9 Å². The Morgan fingerprint density at radius 2 is 1.45 bits per heavy atom. The van der Waals surface area contributed by atoms with Gasteiger partial charge in [-0.05, 0) is 31.0 Å². The third kappa shape index (κ3) is 8.87. The van der Waals surface area contributed by atoms with E-state index in [2.05, 4.69) is 74.5 Å². The average molecular weight is 630 g/mol. The van der Waals surface area contributed by atoms with Gasteiger partial charge >= 0.3 is 0 Å². The highest BCUT2D eigenvalue weighted by atomic mass is 28.3. The standard InChI is InChI=1S/C35H51N5O2Si2/c1-43(2,3)21-19-41-26-39(27-42-20-22-44(4,5)6)34-23-33(29-15-11-8-12-16-29)38-35-31(25-37-40(34)35)30-17-18-32(36-24-30)28-13-9-7-10-14-28/h7,9-10,13-14,17-18,23-25,29H,8,11-12,15-16,19-22,26-27H2,1-6H3. The van der Waals surface area contributed by atoms with Crippen LogP contribution in [0.2, 0.25) is 51.4 Å². The zero-order chi connectivity index (χ0) is 31.2. The summed E-state index contributed by atoms with van der Waals surface area (Å²) < 4.78 is 14.6.